The highest BCUT2D eigenvalue weighted by Crippen LogP contribution is 2.32. The van der Waals surface area contributed by atoms with Gasteiger partial charge in [-0.25, -0.2) is 0 Å². The Morgan fingerprint density at radius 3 is 2.13 bits per heavy atom. The van der Waals surface area contributed by atoms with Gasteiger partial charge in [-0.1, -0.05) is 30.3 Å². The number of rotatable bonds is 3. The Labute approximate surface area is 136 Å². The summed E-state index contributed by atoms with van der Waals surface area (Å²) in [6, 6.07) is 8.97. The first-order valence-corrected chi connectivity index (χ1v) is 7.37. The molecule has 0 aliphatic carbocycles. The van der Waals surface area contributed by atoms with Crippen LogP contribution < -0.4 is 16.2 Å². The summed E-state index contributed by atoms with van der Waals surface area (Å²) in [4.78, 5) is 36.9. The summed E-state index contributed by atoms with van der Waals surface area (Å²) in [5.41, 5.74) is 1.28. The summed E-state index contributed by atoms with van der Waals surface area (Å²) in [5, 5.41) is 10.1. The second-order valence-corrected chi connectivity index (χ2v) is 5.70. The number of aromatic amines is 2. The van der Waals surface area contributed by atoms with Crippen LogP contribution in [0.5, 0.6) is 0 Å². The third kappa shape index (κ3) is 2.68. The van der Waals surface area contributed by atoms with Crippen LogP contribution in [0.15, 0.2) is 35.1 Å². The van der Waals surface area contributed by atoms with Gasteiger partial charge in [0.25, 0.3) is 5.56 Å². The van der Waals surface area contributed by atoms with Crippen molar-refractivity contribution in [1.82, 2.24) is 20.8 Å². The average molecular weight is 330 g/mol. The zero-order valence-electron chi connectivity index (χ0n) is 12.2. The second-order valence-electron chi connectivity index (χ2n) is 5.29. The van der Waals surface area contributed by atoms with E-state index >= 15 is 0 Å². The van der Waals surface area contributed by atoms with Crippen molar-refractivity contribution in [3.05, 3.63) is 57.5 Å². The third-order valence-corrected chi connectivity index (χ3v) is 4.06. The van der Waals surface area contributed by atoms with Gasteiger partial charge < -0.3 is 15.7 Å². The highest BCUT2D eigenvalue weighted by Gasteiger charge is 2.42. The maximum Gasteiger partial charge on any atom is 0.267 e. The SMILES string of the molecule is Cc1[nH][nH]c(=O)c1C(c1ccccc1)C1C(=O)NC(=S)NC1=O. The van der Waals surface area contributed by atoms with E-state index in [0.29, 0.717) is 16.8 Å². The van der Waals surface area contributed by atoms with Crippen LogP contribution in [0.4, 0.5) is 0 Å². The van der Waals surface area contributed by atoms with Crippen LogP contribution in [0.1, 0.15) is 22.7 Å². The molecular weight excluding hydrogens is 316 g/mol. The van der Waals surface area contributed by atoms with Gasteiger partial charge in [-0.3, -0.25) is 19.5 Å². The van der Waals surface area contributed by atoms with Crippen molar-refractivity contribution in [2.24, 2.45) is 5.92 Å². The molecule has 1 aromatic carbocycles. The van der Waals surface area contributed by atoms with E-state index in [9.17, 15) is 14.4 Å². The number of carbonyl (C=O) groups is 2. The number of amides is 2. The first-order chi connectivity index (χ1) is 11.0. The molecule has 2 aromatic rings. The molecule has 0 saturated carbocycles. The molecule has 1 fully saturated rings. The molecule has 0 bridgehead atoms. The second kappa shape index (κ2) is 5.81. The predicted octanol–water partition coefficient (Wildman–Crippen LogP) is 0.290. The minimum absolute atomic E-state index is 0.0252. The van der Waals surface area contributed by atoms with Crippen LogP contribution in [0.2, 0.25) is 0 Å². The van der Waals surface area contributed by atoms with Gasteiger partial charge in [0.2, 0.25) is 11.8 Å². The van der Waals surface area contributed by atoms with E-state index in [0.717, 1.165) is 0 Å². The van der Waals surface area contributed by atoms with E-state index in [4.69, 9.17) is 12.2 Å². The lowest BCUT2D eigenvalue weighted by Gasteiger charge is -2.29. The van der Waals surface area contributed by atoms with E-state index in [1.165, 1.54) is 0 Å². The average Bonchev–Trinajstić information content (AvgIpc) is 2.83. The normalized spacial score (nSPS) is 16.8. The molecule has 0 spiro atoms. The summed E-state index contributed by atoms with van der Waals surface area (Å²) < 4.78 is 0. The minimum Gasteiger partial charge on any atom is -0.302 e. The molecule has 1 saturated heterocycles. The highest BCUT2D eigenvalue weighted by molar-refractivity contribution is 7.80. The summed E-state index contributed by atoms with van der Waals surface area (Å²) in [6.45, 7) is 1.71. The number of aromatic nitrogens is 2. The Morgan fingerprint density at radius 1 is 1.00 bits per heavy atom. The summed E-state index contributed by atoms with van der Waals surface area (Å²) >= 11 is 4.83. The van der Waals surface area contributed by atoms with E-state index in [1.807, 2.05) is 6.07 Å². The van der Waals surface area contributed by atoms with Crippen molar-refractivity contribution in [2.75, 3.05) is 0 Å². The van der Waals surface area contributed by atoms with Crippen LogP contribution in [0.3, 0.4) is 0 Å². The smallest absolute Gasteiger partial charge is 0.267 e. The molecule has 1 aliphatic heterocycles. The number of aryl methyl sites for hydroxylation is 1. The summed E-state index contributed by atoms with van der Waals surface area (Å²) in [6.07, 6.45) is 0. The number of thiocarbonyl (C=S) groups is 1. The maximum atomic E-state index is 12.4. The molecule has 1 aromatic heterocycles. The van der Waals surface area contributed by atoms with Crippen LogP contribution in [0, 0.1) is 12.8 Å². The fourth-order valence-electron chi connectivity index (χ4n) is 2.85. The summed E-state index contributed by atoms with van der Waals surface area (Å²) in [7, 11) is 0. The Hall–Kier alpha value is -2.74. The number of carbonyl (C=O) groups excluding carboxylic acids is 2. The van der Waals surface area contributed by atoms with Crippen molar-refractivity contribution in [3.8, 4) is 0 Å². The molecule has 118 valence electrons. The molecular formula is C15H14N4O3S. The highest BCUT2D eigenvalue weighted by atomic mass is 32.1. The first-order valence-electron chi connectivity index (χ1n) is 6.97. The first kappa shape index (κ1) is 15.2. The van der Waals surface area contributed by atoms with Crippen LogP contribution in [-0.4, -0.2) is 27.1 Å². The van der Waals surface area contributed by atoms with E-state index < -0.39 is 23.7 Å². The van der Waals surface area contributed by atoms with Gasteiger partial charge in [0.1, 0.15) is 5.92 Å². The number of H-pyrrole nitrogens is 2. The number of benzene rings is 1. The topological polar surface area (TPSA) is 107 Å². The van der Waals surface area contributed by atoms with E-state index in [2.05, 4.69) is 20.8 Å². The lowest BCUT2D eigenvalue weighted by atomic mass is 9.79. The predicted molar refractivity (Wildman–Crippen MR) is 86.8 cm³/mol. The lowest BCUT2D eigenvalue weighted by Crippen LogP contribution is -2.57. The van der Waals surface area contributed by atoms with Crippen molar-refractivity contribution in [1.29, 1.82) is 0 Å². The van der Waals surface area contributed by atoms with Crippen LogP contribution in [-0.2, 0) is 9.59 Å². The zero-order valence-corrected chi connectivity index (χ0v) is 13.0. The summed E-state index contributed by atoms with van der Waals surface area (Å²) in [5.74, 6) is -2.84. The molecule has 2 amide bonds. The van der Waals surface area contributed by atoms with Crippen molar-refractivity contribution >= 4 is 29.1 Å². The van der Waals surface area contributed by atoms with Crippen LogP contribution >= 0.6 is 12.2 Å². The molecule has 0 radical (unpaired) electrons. The van der Waals surface area contributed by atoms with Gasteiger partial charge in [-0.05, 0) is 24.7 Å². The molecule has 2 heterocycles. The minimum atomic E-state index is -1.08. The Bertz CT molecular complexity index is 820. The largest absolute Gasteiger partial charge is 0.302 e. The standard InChI is InChI=1S/C15H14N4O3S/c1-7-9(14(22)19-18-7)10(8-5-3-2-4-6-8)11-12(20)16-15(23)17-13(11)21/h2-6,10-11H,1H3,(H2,18,19,22)(H2,16,17,20,21,23). The third-order valence-electron chi connectivity index (χ3n) is 3.85. The monoisotopic (exact) mass is 330 g/mol. The maximum absolute atomic E-state index is 12.4. The molecule has 23 heavy (non-hydrogen) atoms. The lowest BCUT2D eigenvalue weighted by molar-refractivity contribution is -0.135. The molecule has 7 nitrogen and oxygen atoms in total. The molecule has 4 N–H and O–H groups in total. The van der Waals surface area contributed by atoms with Gasteiger partial charge in [0, 0.05) is 17.2 Å². The van der Waals surface area contributed by atoms with Gasteiger partial charge >= 0.3 is 0 Å². The van der Waals surface area contributed by atoms with Crippen molar-refractivity contribution < 1.29 is 9.59 Å². The molecule has 8 heteroatoms. The van der Waals surface area contributed by atoms with Gasteiger partial charge in [-0.2, -0.15) is 0 Å². The molecule has 3 rings (SSSR count). The number of hydrogen-bond acceptors (Lipinski definition) is 4. The van der Waals surface area contributed by atoms with E-state index in [-0.39, 0.29) is 10.7 Å². The molecule has 1 atom stereocenters. The van der Waals surface area contributed by atoms with E-state index in [1.54, 1.807) is 31.2 Å². The fourth-order valence-corrected chi connectivity index (χ4v) is 3.05. The Balaban J connectivity index is 2.17. The quantitative estimate of drug-likeness (QED) is 0.479. The number of hydrogen-bond donors (Lipinski definition) is 4. The molecule has 1 aliphatic rings. The molecule has 1 unspecified atom stereocenters. The fraction of sp³-hybridized carbons (Fsp3) is 0.200. The van der Waals surface area contributed by atoms with Crippen LogP contribution in [0.25, 0.3) is 0 Å². The zero-order chi connectivity index (χ0) is 16.6. The Kier molecular flexibility index (Phi) is 3.83. The van der Waals surface area contributed by atoms with Gasteiger partial charge in [0.05, 0.1) is 0 Å². The number of nitrogens with one attached hydrogen (secondary N) is 4. The van der Waals surface area contributed by atoms with Crippen molar-refractivity contribution in [3.63, 3.8) is 0 Å². The van der Waals surface area contributed by atoms with Gasteiger partial charge in [0.15, 0.2) is 5.11 Å². The Morgan fingerprint density at radius 2 is 1.61 bits per heavy atom. The van der Waals surface area contributed by atoms with Gasteiger partial charge in [-0.15, -0.1) is 0 Å². The van der Waals surface area contributed by atoms with Crippen molar-refractivity contribution in [2.45, 2.75) is 12.8 Å².